The van der Waals surface area contributed by atoms with Gasteiger partial charge in [-0.3, -0.25) is 14.4 Å². The van der Waals surface area contributed by atoms with Gasteiger partial charge in [-0.15, -0.1) is 0 Å². The van der Waals surface area contributed by atoms with E-state index in [-0.39, 0.29) is 30.2 Å². The van der Waals surface area contributed by atoms with E-state index in [1.54, 1.807) is 13.8 Å². The highest BCUT2D eigenvalue weighted by molar-refractivity contribution is 7.80. The first-order valence-corrected chi connectivity index (χ1v) is 8.84. The Balaban J connectivity index is 2.52. The molecule has 0 bridgehead atoms. The number of carboxylic acids is 1. The number of amides is 3. The maximum absolute atomic E-state index is 12.2. The van der Waals surface area contributed by atoms with Gasteiger partial charge in [0.2, 0.25) is 17.7 Å². The van der Waals surface area contributed by atoms with Crippen molar-refractivity contribution in [2.75, 3.05) is 18.8 Å². The Kier molecular flexibility index (Phi) is 8.70. The Bertz CT molecular complexity index is 508. The third kappa shape index (κ3) is 6.91. The van der Waals surface area contributed by atoms with Crippen LogP contribution in [-0.2, 0) is 19.2 Å². The monoisotopic (exact) mass is 374 g/mol. The van der Waals surface area contributed by atoms with E-state index in [0.717, 1.165) is 19.4 Å². The van der Waals surface area contributed by atoms with Crippen LogP contribution in [0.5, 0.6) is 0 Å². The van der Waals surface area contributed by atoms with Crippen molar-refractivity contribution in [2.45, 2.75) is 44.8 Å². The predicted octanol–water partition coefficient (Wildman–Crippen LogP) is -1.51. The number of hydrogen-bond donors (Lipinski definition) is 6. The van der Waals surface area contributed by atoms with Crippen LogP contribution >= 0.6 is 12.6 Å². The van der Waals surface area contributed by atoms with Gasteiger partial charge in [0.15, 0.2) is 0 Å². The largest absolute Gasteiger partial charge is 0.480 e. The maximum Gasteiger partial charge on any atom is 0.327 e. The minimum Gasteiger partial charge on any atom is -0.480 e. The van der Waals surface area contributed by atoms with E-state index < -0.39 is 29.9 Å². The number of nitrogens with one attached hydrogen (secondary N) is 4. The molecule has 0 aromatic carbocycles. The number of carbonyl (C=O) groups excluding carboxylic acids is 3. The first-order chi connectivity index (χ1) is 11.8. The third-order valence-electron chi connectivity index (χ3n) is 3.86. The highest BCUT2D eigenvalue weighted by Gasteiger charge is 2.28. The van der Waals surface area contributed by atoms with Crippen LogP contribution in [0.2, 0.25) is 0 Å². The normalized spacial score (nSPS) is 19.1. The van der Waals surface area contributed by atoms with Crippen LogP contribution in [-0.4, -0.2) is 65.8 Å². The predicted molar refractivity (Wildman–Crippen MR) is 94.2 cm³/mol. The summed E-state index contributed by atoms with van der Waals surface area (Å²) < 4.78 is 0. The molecule has 1 fully saturated rings. The van der Waals surface area contributed by atoms with Crippen molar-refractivity contribution in [1.29, 1.82) is 0 Å². The number of rotatable bonds is 9. The molecule has 0 radical (unpaired) electrons. The topological polar surface area (TPSA) is 137 Å². The standard InChI is InChI=1S/C15H26N4O5S/c1-8(2)12(14(22)18-10(7-25)15(23)24)19-11(20)6-17-13(21)9-4-3-5-16-9/h8-10,12,16,25H,3-7H2,1-2H3,(H,17,21)(H,18,22)(H,19,20)(H,23,24). The van der Waals surface area contributed by atoms with E-state index in [9.17, 15) is 19.2 Å². The molecule has 0 saturated carbocycles. The molecule has 142 valence electrons. The van der Waals surface area contributed by atoms with Crippen molar-refractivity contribution in [3.63, 3.8) is 0 Å². The molecular weight excluding hydrogens is 348 g/mol. The SMILES string of the molecule is CC(C)C(NC(=O)CNC(=O)C1CCCN1)C(=O)NC(CS)C(=O)O. The molecule has 0 aromatic rings. The van der Waals surface area contributed by atoms with Gasteiger partial charge < -0.3 is 26.4 Å². The Morgan fingerprint density at radius 3 is 2.40 bits per heavy atom. The summed E-state index contributed by atoms with van der Waals surface area (Å²) in [5, 5.41) is 19.4. The summed E-state index contributed by atoms with van der Waals surface area (Å²) in [7, 11) is 0. The molecule has 1 rings (SSSR count). The van der Waals surface area contributed by atoms with E-state index in [2.05, 4.69) is 33.9 Å². The highest BCUT2D eigenvalue weighted by Crippen LogP contribution is 2.05. The molecule has 1 aliphatic heterocycles. The molecule has 0 spiro atoms. The number of thiol groups is 1. The first kappa shape index (κ1) is 21.2. The molecule has 3 atom stereocenters. The zero-order chi connectivity index (χ0) is 19.0. The average molecular weight is 374 g/mol. The van der Waals surface area contributed by atoms with Crippen molar-refractivity contribution >= 4 is 36.3 Å². The van der Waals surface area contributed by atoms with Crippen LogP contribution in [0.25, 0.3) is 0 Å². The summed E-state index contributed by atoms with van der Waals surface area (Å²) in [4.78, 5) is 47.1. The number of hydrogen-bond acceptors (Lipinski definition) is 6. The lowest BCUT2D eigenvalue weighted by atomic mass is 10.0. The van der Waals surface area contributed by atoms with Crippen molar-refractivity contribution < 1.29 is 24.3 Å². The summed E-state index contributed by atoms with van der Waals surface area (Å²) in [6, 6.07) is -2.33. The second-order valence-corrected chi connectivity index (χ2v) is 6.60. The lowest BCUT2D eigenvalue weighted by molar-refractivity contribution is -0.141. The van der Waals surface area contributed by atoms with Crippen LogP contribution in [0.1, 0.15) is 26.7 Å². The van der Waals surface area contributed by atoms with E-state index in [4.69, 9.17) is 5.11 Å². The zero-order valence-electron chi connectivity index (χ0n) is 14.4. The average Bonchev–Trinajstić information content (AvgIpc) is 3.09. The lowest BCUT2D eigenvalue weighted by Gasteiger charge is -2.23. The van der Waals surface area contributed by atoms with Gasteiger partial charge in [-0.2, -0.15) is 12.6 Å². The summed E-state index contributed by atoms with van der Waals surface area (Å²) in [5.41, 5.74) is 0. The molecule has 3 unspecified atom stereocenters. The molecule has 9 nitrogen and oxygen atoms in total. The Labute approximate surface area is 152 Å². The molecule has 1 aliphatic rings. The fraction of sp³-hybridized carbons (Fsp3) is 0.733. The van der Waals surface area contributed by atoms with E-state index in [0.29, 0.717) is 0 Å². The van der Waals surface area contributed by atoms with Gasteiger partial charge in [-0.1, -0.05) is 13.8 Å². The van der Waals surface area contributed by atoms with Crippen LogP contribution in [0, 0.1) is 5.92 Å². The van der Waals surface area contributed by atoms with Crippen molar-refractivity contribution in [1.82, 2.24) is 21.3 Å². The number of carboxylic acid groups (broad SMARTS) is 1. The van der Waals surface area contributed by atoms with Crippen LogP contribution in [0.15, 0.2) is 0 Å². The van der Waals surface area contributed by atoms with Gasteiger partial charge in [0.25, 0.3) is 0 Å². The molecule has 1 heterocycles. The van der Waals surface area contributed by atoms with E-state index >= 15 is 0 Å². The van der Waals surface area contributed by atoms with Crippen LogP contribution in [0.4, 0.5) is 0 Å². The second-order valence-electron chi connectivity index (χ2n) is 6.24. The fourth-order valence-electron chi connectivity index (χ4n) is 2.41. The summed E-state index contributed by atoms with van der Waals surface area (Å²) in [6.07, 6.45) is 1.64. The molecule has 0 aliphatic carbocycles. The zero-order valence-corrected chi connectivity index (χ0v) is 15.3. The molecule has 10 heteroatoms. The van der Waals surface area contributed by atoms with Crippen molar-refractivity contribution in [3.05, 3.63) is 0 Å². The lowest BCUT2D eigenvalue weighted by Crippen LogP contribution is -2.55. The second kappa shape index (κ2) is 10.2. The summed E-state index contributed by atoms with van der Waals surface area (Å²) in [6.45, 7) is 3.97. The third-order valence-corrected chi connectivity index (χ3v) is 4.23. The number of carbonyl (C=O) groups is 4. The van der Waals surface area contributed by atoms with Gasteiger partial charge in [0.05, 0.1) is 12.6 Å². The highest BCUT2D eigenvalue weighted by atomic mass is 32.1. The number of aliphatic carboxylic acids is 1. The summed E-state index contributed by atoms with van der Waals surface area (Å²) in [5.74, 6) is -2.89. The maximum atomic E-state index is 12.2. The molecule has 25 heavy (non-hydrogen) atoms. The smallest absolute Gasteiger partial charge is 0.327 e. The van der Waals surface area contributed by atoms with Crippen molar-refractivity contribution in [2.24, 2.45) is 5.92 Å². The Morgan fingerprint density at radius 2 is 1.92 bits per heavy atom. The molecule has 5 N–H and O–H groups in total. The van der Waals surface area contributed by atoms with Gasteiger partial charge in [0.1, 0.15) is 12.1 Å². The van der Waals surface area contributed by atoms with Gasteiger partial charge >= 0.3 is 5.97 Å². The minimum absolute atomic E-state index is 0.0652. The quantitative estimate of drug-likeness (QED) is 0.272. The fourth-order valence-corrected chi connectivity index (χ4v) is 2.65. The van der Waals surface area contributed by atoms with E-state index in [1.807, 2.05) is 0 Å². The summed E-state index contributed by atoms with van der Waals surface area (Å²) >= 11 is 3.88. The first-order valence-electron chi connectivity index (χ1n) is 8.20. The minimum atomic E-state index is -1.20. The Morgan fingerprint density at radius 1 is 1.24 bits per heavy atom. The van der Waals surface area contributed by atoms with Gasteiger partial charge in [-0.25, -0.2) is 4.79 Å². The van der Waals surface area contributed by atoms with Crippen molar-refractivity contribution in [3.8, 4) is 0 Å². The molecule has 1 saturated heterocycles. The van der Waals surface area contributed by atoms with Crippen LogP contribution in [0.3, 0.4) is 0 Å². The molecule has 0 aromatic heterocycles. The molecular formula is C15H26N4O5S. The van der Waals surface area contributed by atoms with Gasteiger partial charge in [0, 0.05) is 5.75 Å². The van der Waals surface area contributed by atoms with E-state index in [1.165, 1.54) is 0 Å². The molecule has 3 amide bonds. The van der Waals surface area contributed by atoms with Gasteiger partial charge in [-0.05, 0) is 25.3 Å². The van der Waals surface area contributed by atoms with Crippen LogP contribution < -0.4 is 21.3 Å². The Hall–Kier alpha value is -1.81.